The predicted octanol–water partition coefficient (Wildman–Crippen LogP) is 3.25. The van der Waals surface area contributed by atoms with Crippen molar-refractivity contribution in [2.75, 3.05) is 44.7 Å². The molecule has 0 saturated carbocycles. The number of amides is 2. The molecule has 4 rings (SSSR count). The summed E-state index contributed by atoms with van der Waals surface area (Å²) in [5.74, 6) is 0.608. The average Bonchev–Trinajstić information content (AvgIpc) is 3.15. The Morgan fingerprint density at radius 3 is 2.94 bits per heavy atom. The third kappa shape index (κ3) is 6.47. The van der Waals surface area contributed by atoms with Crippen LogP contribution in [0.15, 0.2) is 48.8 Å². The van der Waals surface area contributed by atoms with Gasteiger partial charge in [-0.2, -0.15) is 0 Å². The van der Waals surface area contributed by atoms with E-state index in [2.05, 4.69) is 20.6 Å². The number of pyridine rings is 1. The molecule has 3 heterocycles. The van der Waals surface area contributed by atoms with Crippen molar-refractivity contribution >= 4 is 28.3 Å². The van der Waals surface area contributed by atoms with Crippen LogP contribution in [0.5, 0.6) is 0 Å². The number of hydrogen-bond donors (Lipinski definition) is 3. The van der Waals surface area contributed by atoms with Crippen LogP contribution in [0.2, 0.25) is 0 Å². The number of halogens is 1. The van der Waals surface area contributed by atoms with Crippen LogP contribution in [0.3, 0.4) is 0 Å². The van der Waals surface area contributed by atoms with Crippen molar-refractivity contribution in [1.82, 2.24) is 20.2 Å². The Morgan fingerprint density at radius 2 is 2.12 bits per heavy atom. The SMILES string of the molecule is NCCNC(=O)N1CCOC[C@@H](Cc2ccnc(Nc3ncc(-c4ccc(F)cc4)s3)c2)C1. The van der Waals surface area contributed by atoms with Crippen molar-refractivity contribution in [3.63, 3.8) is 0 Å². The number of benzene rings is 1. The molecule has 0 aliphatic carbocycles. The number of nitrogens with one attached hydrogen (secondary N) is 2. The second-order valence-corrected chi connectivity index (χ2v) is 8.85. The molecule has 2 amide bonds. The van der Waals surface area contributed by atoms with Gasteiger partial charge in [0.1, 0.15) is 11.6 Å². The molecule has 10 heteroatoms. The fraction of sp³-hybridized carbons (Fsp3) is 0.348. The first-order chi connectivity index (χ1) is 16.1. The van der Waals surface area contributed by atoms with Gasteiger partial charge in [-0.05, 0) is 41.8 Å². The molecule has 2 aromatic heterocycles. The Bertz CT molecular complexity index is 1060. The summed E-state index contributed by atoms with van der Waals surface area (Å²) in [6, 6.07) is 10.2. The van der Waals surface area contributed by atoms with Crippen molar-refractivity contribution < 1.29 is 13.9 Å². The van der Waals surface area contributed by atoms with Gasteiger partial charge in [0.05, 0.1) is 18.1 Å². The van der Waals surface area contributed by atoms with Crippen LogP contribution in [-0.4, -0.2) is 60.3 Å². The number of nitrogens with two attached hydrogens (primary N) is 1. The Hall–Kier alpha value is -3.08. The zero-order valence-electron chi connectivity index (χ0n) is 18.2. The number of urea groups is 1. The largest absolute Gasteiger partial charge is 0.379 e. The first kappa shape index (κ1) is 23.1. The summed E-state index contributed by atoms with van der Waals surface area (Å²) in [7, 11) is 0. The molecule has 0 bridgehead atoms. The average molecular weight is 471 g/mol. The minimum atomic E-state index is -0.263. The van der Waals surface area contributed by atoms with Gasteiger partial charge in [-0.15, -0.1) is 0 Å². The highest BCUT2D eigenvalue weighted by Gasteiger charge is 2.22. The van der Waals surface area contributed by atoms with Crippen molar-refractivity contribution in [2.45, 2.75) is 6.42 Å². The standard InChI is InChI=1S/C23H27FN6O2S/c24-19-3-1-18(2-4-19)20-13-28-22(33-20)29-21-12-16(5-7-26-21)11-17-14-30(9-10-32-15-17)23(31)27-8-6-25/h1-5,7,12-13,17H,6,8-11,14-15,25H2,(H,27,31)(H,26,28,29)/t17-/m0/s1. The Labute approximate surface area is 196 Å². The highest BCUT2D eigenvalue weighted by molar-refractivity contribution is 7.18. The molecule has 1 aliphatic rings. The van der Waals surface area contributed by atoms with Gasteiger partial charge in [0.15, 0.2) is 5.13 Å². The number of hydrogen-bond acceptors (Lipinski definition) is 7. The van der Waals surface area contributed by atoms with Crippen molar-refractivity contribution in [2.24, 2.45) is 11.7 Å². The lowest BCUT2D eigenvalue weighted by atomic mass is 10.0. The molecule has 0 radical (unpaired) electrons. The minimum Gasteiger partial charge on any atom is -0.379 e. The minimum absolute atomic E-state index is 0.103. The van der Waals surface area contributed by atoms with E-state index >= 15 is 0 Å². The number of aromatic nitrogens is 2. The monoisotopic (exact) mass is 470 g/mol. The van der Waals surface area contributed by atoms with E-state index in [9.17, 15) is 9.18 Å². The second-order valence-electron chi connectivity index (χ2n) is 7.82. The van der Waals surface area contributed by atoms with Crippen LogP contribution in [-0.2, 0) is 11.2 Å². The molecule has 1 aliphatic heterocycles. The molecule has 8 nitrogen and oxygen atoms in total. The summed E-state index contributed by atoms with van der Waals surface area (Å²) < 4.78 is 18.9. The lowest BCUT2D eigenvalue weighted by Crippen LogP contribution is -2.44. The lowest BCUT2D eigenvalue weighted by molar-refractivity contribution is 0.122. The Balaban J connectivity index is 1.38. The molecule has 3 aromatic rings. The molecule has 1 atom stereocenters. The summed E-state index contributed by atoms with van der Waals surface area (Å²) in [5, 5.41) is 6.79. The zero-order valence-corrected chi connectivity index (χ0v) is 19.0. The number of ether oxygens (including phenoxy) is 1. The first-order valence-electron chi connectivity index (χ1n) is 10.8. The second kappa shape index (κ2) is 11.2. The summed E-state index contributed by atoms with van der Waals surface area (Å²) >= 11 is 1.48. The number of carbonyl (C=O) groups is 1. The normalized spacial score (nSPS) is 16.3. The lowest BCUT2D eigenvalue weighted by Gasteiger charge is -2.24. The summed E-state index contributed by atoms with van der Waals surface area (Å²) in [6.07, 6.45) is 4.28. The van der Waals surface area contributed by atoms with Crippen molar-refractivity contribution in [1.29, 1.82) is 0 Å². The van der Waals surface area contributed by atoms with Crippen LogP contribution in [0, 0.1) is 11.7 Å². The van der Waals surface area contributed by atoms with Crippen LogP contribution in [0.1, 0.15) is 5.56 Å². The van der Waals surface area contributed by atoms with Gasteiger partial charge in [0, 0.05) is 44.5 Å². The van der Waals surface area contributed by atoms with E-state index in [1.165, 1.54) is 23.5 Å². The molecule has 1 aromatic carbocycles. The highest BCUT2D eigenvalue weighted by Crippen LogP contribution is 2.30. The maximum atomic E-state index is 13.2. The van der Waals surface area contributed by atoms with Gasteiger partial charge in [-0.1, -0.05) is 23.5 Å². The van der Waals surface area contributed by atoms with Crippen LogP contribution in [0.4, 0.5) is 20.1 Å². The fourth-order valence-corrected chi connectivity index (χ4v) is 4.50. The third-order valence-corrected chi connectivity index (χ3v) is 6.23. The van der Waals surface area contributed by atoms with E-state index in [-0.39, 0.29) is 17.8 Å². The number of carbonyl (C=O) groups excluding carboxylic acids is 1. The maximum Gasteiger partial charge on any atom is 0.317 e. The quantitative estimate of drug-likeness (QED) is 0.490. The van der Waals surface area contributed by atoms with Gasteiger partial charge in [-0.3, -0.25) is 0 Å². The van der Waals surface area contributed by atoms with Gasteiger partial charge in [-0.25, -0.2) is 19.2 Å². The number of anilines is 2. The van der Waals surface area contributed by atoms with E-state index in [0.717, 1.165) is 22.4 Å². The summed E-state index contributed by atoms with van der Waals surface area (Å²) in [5.41, 5.74) is 7.50. The van der Waals surface area contributed by atoms with E-state index in [0.29, 0.717) is 50.3 Å². The number of nitrogens with zero attached hydrogens (tertiary/aromatic N) is 3. The number of rotatable bonds is 7. The molecular formula is C23H27FN6O2S. The molecule has 174 valence electrons. The van der Waals surface area contributed by atoms with E-state index in [4.69, 9.17) is 10.5 Å². The van der Waals surface area contributed by atoms with Gasteiger partial charge in [0.2, 0.25) is 0 Å². The van der Waals surface area contributed by atoms with Gasteiger partial charge < -0.3 is 26.0 Å². The van der Waals surface area contributed by atoms with Gasteiger partial charge in [0.25, 0.3) is 0 Å². The van der Waals surface area contributed by atoms with Crippen molar-refractivity contribution in [3.8, 4) is 10.4 Å². The van der Waals surface area contributed by atoms with Crippen molar-refractivity contribution in [3.05, 3.63) is 60.2 Å². The maximum absolute atomic E-state index is 13.2. The first-order valence-corrected chi connectivity index (χ1v) is 11.7. The van der Waals surface area contributed by atoms with Crippen LogP contribution in [0.25, 0.3) is 10.4 Å². The number of thiazole rings is 1. The molecule has 1 fully saturated rings. The van der Waals surface area contributed by atoms with Gasteiger partial charge >= 0.3 is 6.03 Å². The molecule has 0 unspecified atom stereocenters. The zero-order chi connectivity index (χ0) is 23.0. The molecular weight excluding hydrogens is 443 g/mol. The Kier molecular flexibility index (Phi) is 7.82. The van der Waals surface area contributed by atoms with E-state index < -0.39 is 0 Å². The third-order valence-electron chi connectivity index (χ3n) is 5.26. The summed E-state index contributed by atoms with van der Waals surface area (Å²) in [6.45, 7) is 3.18. The smallest absolute Gasteiger partial charge is 0.317 e. The van der Waals surface area contributed by atoms with E-state index in [1.807, 2.05) is 12.1 Å². The molecule has 33 heavy (non-hydrogen) atoms. The predicted molar refractivity (Wildman–Crippen MR) is 127 cm³/mol. The highest BCUT2D eigenvalue weighted by atomic mass is 32.1. The topological polar surface area (TPSA) is 105 Å². The fourth-order valence-electron chi connectivity index (χ4n) is 3.67. The Morgan fingerprint density at radius 1 is 1.27 bits per heavy atom. The molecule has 4 N–H and O–H groups in total. The van der Waals surface area contributed by atoms with Crippen LogP contribution >= 0.6 is 11.3 Å². The van der Waals surface area contributed by atoms with E-state index in [1.54, 1.807) is 29.4 Å². The van der Waals surface area contributed by atoms with Crippen LogP contribution < -0.4 is 16.4 Å². The molecule has 1 saturated heterocycles. The molecule has 0 spiro atoms. The summed E-state index contributed by atoms with van der Waals surface area (Å²) in [4.78, 5) is 23.9.